The molecule has 0 aliphatic heterocycles. The molecule has 0 bridgehead atoms. The van der Waals surface area contributed by atoms with Crippen LogP contribution in [0.2, 0.25) is 0 Å². The lowest BCUT2D eigenvalue weighted by Crippen LogP contribution is -2.27. The van der Waals surface area contributed by atoms with Crippen molar-refractivity contribution < 1.29 is 4.79 Å². The molecule has 0 radical (unpaired) electrons. The topological polar surface area (TPSA) is 42.0 Å². The summed E-state index contributed by atoms with van der Waals surface area (Å²) < 4.78 is 2.21. The minimum absolute atomic E-state index is 0.0285. The van der Waals surface area contributed by atoms with Gasteiger partial charge in [0.1, 0.15) is 0 Å². The van der Waals surface area contributed by atoms with Gasteiger partial charge in [-0.15, -0.1) is 11.3 Å². The van der Waals surface area contributed by atoms with Gasteiger partial charge in [-0.1, -0.05) is 46.4 Å². The van der Waals surface area contributed by atoms with Crippen LogP contribution in [0.25, 0.3) is 10.2 Å². The molecule has 0 fully saturated rings. The monoisotopic (exact) mass is 322 g/mol. The van der Waals surface area contributed by atoms with E-state index in [4.69, 9.17) is 0 Å². The Labute approximate surface area is 134 Å². The van der Waals surface area contributed by atoms with Crippen LogP contribution in [0.4, 0.5) is 5.69 Å². The van der Waals surface area contributed by atoms with Crippen LogP contribution in [0.3, 0.4) is 0 Å². The summed E-state index contributed by atoms with van der Waals surface area (Å²) >= 11 is 3.49. The molecule has 21 heavy (non-hydrogen) atoms. The van der Waals surface area contributed by atoms with Gasteiger partial charge in [0.15, 0.2) is 4.34 Å². The molecule has 3 nitrogen and oxygen atoms in total. The number of hydrogen-bond donors (Lipinski definition) is 1. The lowest BCUT2D eigenvalue weighted by molar-refractivity contribution is -0.123. The average molecular weight is 322 g/mol. The van der Waals surface area contributed by atoms with Gasteiger partial charge < -0.3 is 5.32 Å². The van der Waals surface area contributed by atoms with E-state index in [1.54, 1.807) is 23.1 Å². The maximum Gasteiger partial charge on any atom is 0.229 e. The Balaban J connectivity index is 2.16. The normalized spacial score (nSPS) is 12.1. The Kier molecular flexibility index (Phi) is 4.94. The SMILES string of the molecule is CC(C)CSc1nc2ccc(NC(=O)C(C)(C)C)cc2s1. The number of benzene rings is 1. The second-order valence-corrected chi connectivity index (χ2v) is 8.87. The van der Waals surface area contributed by atoms with E-state index in [-0.39, 0.29) is 11.3 Å². The summed E-state index contributed by atoms with van der Waals surface area (Å²) in [6, 6.07) is 5.90. The Morgan fingerprint density at radius 3 is 2.71 bits per heavy atom. The highest BCUT2D eigenvalue weighted by molar-refractivity contribution is 8.01. The van der Waals surface area contributed by atoms with Crippen LogP contribution < -0.4 is 5.32 Å². The summed E-state index contributed by atoms with van der Waals surface area (Å²) in [6.45, 7) is 10.2. The third kappa shape index (κ3) is 4.45. The van der Waals surface area contributed by atoms with Gasteiger partial charge in [-0.05, 0) is 24.1 Å². The van der Waals surface area contributed by atoms with Crippen LogP contribution in [0, 0.1) is 11.3 Å². The highest BCUT2D eigenvalue weighted by Crippen LogP contribution is 2.32. The lowest BCUT2D eigenvalue weighted by atomic mass is 9.95. The van der Waals surface area contributed by atoms with E-state index in [1.807, 2.05) is 39.0 Å². The number of rotatable bonds is 4. The van der Waals surface area contributed by atoms with Crippen molar-refractivity contribution in [1.82, 2.24) is 4.98 Å². The highest BCUT2D eigenvalue weighted by Gasteiger charge is 2.21. The van der Waals surface area contributed by atoms with Crippen molar-refractivity contribution in [2.45, 2.75) is 39.0 Å². The zero-order valence-electron chi connectivity index (χ0n) is 13.2. The van der Waals surface area contributed by atoms with Gasteiger partial charge in [0.2, 0.25) is 5.91 Å². The van der Waals surface area contributed by atoms with Gasteiger partial charge in [-0.25, -0.2) is 4.98 Å². The summed E-state index contributed by atoms with van der Waals surface area (Å²) in [5.41, 5.74) is 1.45. The van der Waals surface area contributed by atoms with Crippen molar-refractivity contribution in [3.8, 4) is 0 Å². The molecule has 0 aliphatic carbocycles. The fourth-order valence-electron chi connectivity index (χ4n) is 1.60. The minimum atomic E-state index is -0.388. The maximum atomic E-state index is 12.0. The molecule has 0 unspecified atom stereocenters. The number of carbonyl (C=O) groups excluding carboxylic acids is 1. The molecule has 0 saturated heterocycles. The van der Waals surface area contributed by atoms with Crippen molar-refractivity contribution in [2.24, 2.45) is 11.3 Å². The van der Waals surface area contributed by atoms with E-state index in [1.165, 1.54) is 0 Å². The van der Waals surface area contributed by atoms with Gasteiger partial charge in [-0.2, -0.15) is 0 Å². The smallest absolute Gasteiger partial charge is 0.229 e. The molecule has 114 valence electrons. The number of hydrogen-bond acceptors (Lipinski definition) is 4. The summed E-state index contributed by atoms with van der Waals surface area (Å²) in [6.07, 6.45) is 0. The molecule has 1 amide bonds. The van der Waals surface area contributed by atoms with Crippen molar-refractivity contribution in [2.75, 3.05) is 11.1 Å². The number of anilines is 1. The van der Waals surface area contributed by atoms with Crippen LogP contribution in [-0.4, -0.2) is 16.6 Å². The van der Waals surface area contributed by atoms with E-state index in [0.717, 1.165) is 26.0 Å². The number of nitrogens with one attached hydrogen (secondary N) is 1. The van der Waals surface area contributed by atoms with E-state index >= 15 is 0 Å². The highest BCUT2D eigenvalue weighted by atomic mass is 32.2. The molecule has 1 N–H and O–H groups in total. The molecule has 1 heterocycles. The Bertz CT molecular complexity index is 641. The van der Waals surface area contributed by atoms with Crippen molar-refractivity contribution >= 4 is 44.9 Å². The first-order chi connectivity index (χ1) is 9.75. The zero-order chi connectivity index (χ0) is 15.6. The number of carbonyl (C=O) groups is 1. The number of thiazole rings is 1. The van der Waals surface area contributed by atoms with E-state index < -0.39 is 0 Å². The third-order valence-electron chi connectivity index (χ3n) is 2.85. The maximum absolute atomic E-state index is 12.0. The molecular weight excluding hydrogens is 300 g/mol. The molecule has 2 aromatic rings. The Hall–Kier alpha value is -1.07. The predicted octanol–water partition coefficient (Wildman–Crippen LogP) is 5.03. The molecule has 1 aromatic heterocycles. The van der Waals surface area contributed by atoms with E-state index in [0.29, 0.717) is 5.92 Å². The molecule has 0 atom stereocenters. The molecule has 5 heteroatoms. The summed E-state index contributed by atoms with van der Waals surface area (Å²) in [4.78, 5) is 16.6. The zero-order valence-corrected chi connectivity index (χ0v) is 14.8. The fourth-order valence-corrected chi connectivity index (χ4v) is 3.68. The van der Waals surface area contributed by atoms with E-state index in [9.17, 15) is 4.79 Å². The van der Waals surface area contributed by atoms with Crippen molar-refractivity contribution in [1.29, 1.82) is 0 Å². The second-order valence-electron chi connectivity index (χ2n) is 6.57. The van der Waals surface area contributed by atoms with Crippen LogP contribution in [0.15, 0.2) is 22.5 Å². The molecule has 0 aliphatic rings. The molecular formula is C16H22N2OS2. The van der Waals surface area contributed by atoms with Gasteiger partial charge in [-0.3, -0.25) is 4.79 Å². The van der Waals surface area contributed by atoms with Gasteiger partial charge in [0.25, 0.3) is 0 Å². The molecule has 2 rings (SSSR count). The summed E-state index contributed by atoms with van der Waals surface area (Å²) in [5.74, 6) is 1.76. The number of thioether (sulfide) groups is 1. The summed E-state index contributed by atoms with van der Waals surface area (Å²) in [7, 11) is 0. The number of aromatic nitrogens is 1. The number of nitrogens with zero attached hydrogens (tertiary/aromatic N) is 1. The predicted molar refractivity (Wildman–Crippen MR) is 93.3 cm³/mol. The van der Waals surface area contributed by atoms with E-state index in [2.05, 4.69) is 24.1 Å². The lowest BCUT2D eigenvalue weighted by Gasteiger charge is -2.17. The summed E-state index contributed by atoms with van der Waals surface area (Å²) in [5, 5.41) is 2.97. The van der Waals surface area contributed by atoms with Gasteiger partial charge in [0.05, 0.1) is 10.2 Å². The minimum Gasteiger partial charge on any atom is -0.326 e. The Morgan fingerprint density at radius 2 is 2.10 bits per heavy atom. The van der Waals surface area contributed by atoms with Crippen molar-refractivity contribution in [3.05, 3.63) is 18.2 Å². The standard InChI is InChI=1S/C16H22N2OS2/c1-10(2)9-20-15-18-12-7-6-11(8-13(12)21-15)17-14(19)16(3,4)5/h6-8,10H,9H2,1-5H3,(H,17,19). The third-order valence-corrected chi connectivity index (χ3v) is 5.44. The molecule has 1 aromatic carbocycles. The first-order valence-electron chi connectivity index (χ1n) is 7.10. The largest absolute Gasteiger partial charge is 0.326 e. The van der Waals surface area contributed by atoms with Gasteiger partial charge in [0, 0.05) is 16.9 Å². The quantitative estimate of drug-likeness (QED) is 0.803. The van der Waals surface area contributed by atoms with Crippen molar-refractivity contribution in [3.63, 3.8) is 0 Å². The van der Waals surface area contributed by atoms with Crippen LogP contribution in [0.1, 0.15) is 34.6 Å². The van der Waals surface area contributed by atoms with Crippen LogP contribution in [0.5, 0.6) is 0 Å². The molecule has 0 saturated carbocycles. The number of amides is 1. The van der Waals surface area contributed by atoms with Crippen LogP contribution >= 0.6 is 23.1 Å². The first kappa shape index (κ1) is 16.3. The number of fused-ring (bicyclic) bond motifs is 1. The first-order valence-corrected chi connectivity index (χ1v) is 8.91. The average Bonchev–Trinajstić information content (AvgIpc) is 2.77. The second kappa shape index (κ2) is 6.36. The Morgan fingerprint density at radius 1 is 1.38 bits per heavy atom. The fraction of sp³-hybridized carbons (Fsp3) is 0.500. The van der Waals surface area contributed by atoms with Gasteiger partial charge >= 0.3 is 0 Å². The molecule has 0 spiro atoms. The van der Waals surface area contributed by atoms with Crippen LogP contribution in [-0.2, 0) is 4.79 Å².